The minimum absolute atomic E-state index is 0.103. The number of hydrogen-bond donors (Lipinski definition) is 12. The van der Waals surface area contributed by atoms with Gasteiger partial charge < -0.3 is 85.8 Å². The largest absolute Gasteiger partial charge is 0.469 e. The monoisotopic (exact) mass is 1140 g/mol. The second-order valence-electron chi connectivity index (χ2n) is 21.6. The highest BCUT2D eigenvalue weighted by molar-refractivity contribution is 5.96. The Bertz CT molecular complexity index is 2320. The fraction of sp³-hybridized carbons (Fsp3) is 0.600. The van der Waals surface area contributed by atoms with Gasteiger partial charge in [0.25, 0.3) is 0 Å². The Hall–Kier alpha value is -5.08. The zero-order chi connectivity index (χ0) is 59.8. The number of nitrogens with one attached hydrogen (secondary N) is 1. The Morgan fingerprint density at radius 2 is 1.28 bits per heavy atom. The molecule has 452 valence electrons. The average molecular weight is 1140 g/mol. The SMILES string of the molecule is CNc1ccc(C(=O)CC(O)CCC(C)C2OC(=O)CC(O)CC(=O)CC(O)CC(O)CC(O)CC(O)CC3(O)CC(O)C(C(=O)OC)C(CC(O[C@@H]4OC(C)[C@@H](O)[C@H](N)[C@@H]4O)/C=C/C=C/C=C/C=C/C=C/C=C/C=C/C2C)O3)cc1. The van der Waals surface area contributed by atoms with E-state index < -0.39 is 160 Å². The van der Waals surface area contributed by atoms with Gasteiger partial charge in [-0.1, -0.05) is 98.9 Å². The number of anilines is 1. The van der Waals surface area contributed by atoms with Crippen LogP contribution in [-0.4, -0.2) is 186 Å². The van der Waals surface area contributed by atoms with Crippen molar-refractivity contribution in [2.45, 2.75) is 195 Å². The number of methoxy groups -OCH3 is 1. The van der Waals surface area contributed by atoms with E-state index in [-0.39, 0.29) is 49.7 Å². The van der Waals surface area contributed by atoms with Crippen LogP contribution in [0.25, 0.3) is 0 Å². The van der Waals surface area contributed by atoms with E-state index in [0.29, 0.717) is 12.0 Å². The number of fused-ring (bicyclic) bond motifs is 2. The lowest BCUT2D eigenvalue weighted by molar-refractivity contribution is -0.308. The van der Waals surface area contributed by atoms with Crippen LogP contribution in [0, 0.1) is 17.8 Å². The number of carbonyl (C=O) groups excluding carboxylic acids is 4. The number of hydrogen-bond acceptors (Lipinski definition) is 21. The molecule has 0 amide bonds. The molecule has 2 saturated heterocycles. The van der Waals surface area contributed by atoms with Gasteiger partial charge in [-0.3, -0.25) is 19.2 Å². The molecule has 21 heteroatoms. The van der Waals surface area contributed by atoms with Gasteiger partial charge in [-0.15, -0.1) is 0 Å². The van der Waals surface area contributed by atoms with Gasteiger partial charge in [-0.05, 0) is 69.2 Å². The van der Waals surface area contributed by atoms with Crippen LogP contribution >= 0.6 is 0 Å². The van der Waals surface area contributed by atoms with Crippen molar-refractivity contribution in [3.8, 4) is 0 Å². The highest BCUT2D eigenvalue weighted by atomic mass is 16.7. The van der Waals surface area contributed by atoms with Gasteiger partial charge >= 0.3 is 11.9 Å². The predicted molar refractivity (Wildman–Crippen MR) is 299 cm³/mol. The summed E-state index contributed by atoms with van der Waals surface area (Å²) in [6, 6.07) is 5.77. The van der Waals surface area contributed by atoms with E-state index in [1.807, 2.05) is 19.9 Å². The van der Waals surface area contributed by atoms with Crippen molar-refractivity contribution >= 4 is 29.2 Å². The van der Waals surface area contributed by atoms with Gasteiger partial charge in [0.05, 0.1) is 86.7 Å². The van der Waals surface area contributed by atoms with Gasteiger partial charge in [0.1, 0.15) is 23.9 Å². The van der Waals surface area contributed by atoms with Crippen LogP contribution in [0.2, 0.25) is 0 Å². The molecule has 2 fully saturated rings. The van der Waals surface area contributed by atoms with Gasteiger partial charge in [0.15, 0.2) is 17.9 Å². The number of esters is 2. The molecular weight excluding hydrogens is 1050 g/mol. The Morgan fingerprint density at radius 1 is 0.728 bits per heavy atom. The van der Waals surface area contributed by atoms with Crippen molar-refractivity contribution in [3.05, 3.63) is 115 Å². The van der Waals surface area contributed by atoms with Crippen LogP contribution in [-0.2, 0) is 38.1 Å². The van der Waals surface area contributed by atoms with Crippen molar-refractivity contribution in [1.82, 2.24) is 0 Å². The third kappa shape index (κ3) is 23.6. The molecular formula is C60H88N2O19. The number of carbonyl (C=O) groups is 4. The van der Waals surface area contributed by atoms with E-state index in [2.05, 4.69) is 5.32 Å². The van der Waals surface area contributed by atoms with E-state index in [4.69, 9.17) is 29.4 Å². The van der Waals surface area contributed by atoms with Gasteiger partial charge in [-0.2, -0.15) is 0 Å². The van der Waals surface area contributed by atoms with Crippen LogP contribution < -0.4 is 11.1 Å². The summed E-state index contributed by atoms with van der Waals surface area (Å²) < 4.78 is 28.9. The molecule has 1 aromatic carbocycles. The smallest absolute Gasteiger partial charge is 0.313 e. The minimum Gasteiger partial charge on any atom is -0.469 e. The van der Waals surface area contributed by atoms with Crippen LogP contribution in [0.5, 0.6) is 0 Å². The first-order valence-corrected chi connectivity index (χ1v) is 27.8. The fourth-order valence-electron chi connectivity index (χ4n) is 10.2. The maximum atomic E-state index is 13.3. The standard InChI is InChI=1S/C60H88N2O19/c1-36-18-16-14-12-10-8-6-7-9-11-13-15-17-19-48(79-59-56(74)54(61)55(73)38(3)78-59)33-51-53(58(75)77-5)50(71)35-60(76,81-51)34-47(69)30-45(67)28-43(65)26-42(64)27-44(66)29-46(68)32-52(72)80-57(36)37(2)20-25-41(63)31-49(70)39-21-23-40(62-4)24-22-39/h6-19,21-24,36-38,41-43,45-48,50-51,53-57,59,62-65,67-69,71,73-74,76H,20,25-35,61H2,1-5H3/b7-6+,10-8+,11-9+,14-12+,15-13+,18-16+,19-17+/t36?,37?,38?,41?,42?,43?,45?,46?,47?,48?,50?,51?,53?,54-,55+,56-,57?,59-,60?/m0/s1. The summed E-state index contributed by atoms with van der Waals surface area (Å²) in [6.45, 7) is 5.25. The number of aliphatic hydroxyl groups is 10. The lowest BCUT2D eigenvalue weighted by atomic mass is 9.82. The summed E-state index contributed by atoms with van der Waals surface area (Å²) in [5.74, 6) is -6.85. The molecule has 0 aliphatic carbocycles. The second kappa shape index (κ2) is 34.5. The molecule has 21 nitrogen and oxygen atoms in total. The highest BCUT2D eigenvalue weighted by Gasteiger charge is 2.51. The Balaban J connectivity index is 1.55. The first kappa shape index (κ1) is 68.4. The van der Waals surface area contributed by atoms with Crippen molar-refractivity contribution in [2.24, 2.45) is 23.5 Å². The topological polar surface area (TPSA) is 355 Å². The zero-order valence-electron chi connectivity index (χ0n) is 47.0. The first-order valence-electron chi connectivity index (χ1n) is 27.8. The summed E-state index contributed by atoms with van der Waals surface area (Å²) in [6.07, 6.45) is 2.92. The number of ketones is 2. The van der Waals surface area contributed by atoms with Crippen molar-refractivity contribution < 1.29 is 93.9 Å². The van der Waals surface area contributed by atoms with Crippen LogP contribution in [0.15, 0.2) is 109 Å². The molecule has 0 saturated carbocycles. The van der Waals surface area contributed by atoms with Crippen molar-refractivity contribution in [3.63, 3.8) is 0 Å². The summed E-state index contributed by atoms with van der Waals surface area (Å²) in [5, 5.41) is 113. The quantitative estimate of drug-likeness (QED) is 0.112. The molecule has 0 spiro atoms. The molecule has 3 aliphatic heterocycles. The number of nitrogens with two attached hydrogens (primary N) is 1. The van der Waals surface area contributed by atoms with E-state index >= 15 is 0 Å². The third-order valence-electron chi connectivity index (χ3n) is 14.6. The number of Topliss-reactive ketones (excluding diaryl/α,β-unsaturated/α-hetero) is 2. The molecule has 19 atom stereocenters. The van der Waals surface area contributed by atoms with Crippen LogP contribution in [0.1, 0.15) is 108 Å². The zero-order valence-corrected chi connectivity index (χ0v) is 47.0. The number of allylic oxidation sites excluding steroid dienone is 12. The maximum Gasteiger partial charge on any atom is 0.313 e. The molecule has 3 heterocycles. The van der Waals surface area contributed by atoms with Gasteiger partial charge in [0.2, 0.25) is 0 Å². The lowest BCUT2D eigenvalue weighted by Gasteiger charge is -2.45. The van der Waals surface area contributed by atoms with E-state index in [1.165, 1.54) is 0 Å². The van der Waals surface area contributed by atoms with Crippen LogP contribution in [0.4, 0.5) is 5.69 Å². The summed E-state index contributed by atoms with van der Waals surface area (Å²) >= 11 is 0. The summed E-state index contributed by atoms with van der Waals surface area (Å²) in [4.78, 5) is 52.4. The number of aliphatic hydroxyl groups excluding tert-OH is 9. The molecule has 3 aliphatic rings. The average Bonchev–Trinajstić information content (AvgIpc) is 3.43. The third-order valence-corrected chi connectivity index (χ3v) is 14.6. The Kier molecular flexibility index (Phi) is 29.1. The molecule has 0 aromatic heterocycles. The normalized spacial score (nSPS) is 37.7. The molecule has 1 aromatic rings. The summed E-state index contributed by atoms with van der Waals surface area (Å²) in [5.41, 5.74) is 7.39. The van der Waals surface area contributed by atoms with E-state index in [9.17, 15) is 70.2 Å². The minimum atomic E-state index is -2.29. The second-order valence-corrected chi connectivity index (χ2v) is 21.6. The number of cyclic esters (lactones) is 1. The predicted octanol–water partition coefficient (Wildman–Crippen LogP) is 2.83. The highest BCUT2D eigenvalue weighted by Crippen LogP contribution is 2.39. The summed E-state index contributed by atoms with van der Waals surface area (Å²) in [7, 11) is 2.88. The van der Waals surface area contributed by atoms with Crippen molar-refractivity contribution in [1.29, 1.82) is 0 Å². The van der Waals surface area contributed by atoms with Crippen LogP contribution in [0.3, 0.4) is 0 Å². The van der Waals surface area contributed by atoms with Crippen molar-refractivity contribution in [2.75, 3.05) is 19.5 Å². The molecule has 0 radical (unpaired) electrons. The van der Waals surface area contributed by atoms with E-state index in [0.717, 1.165) is 12.8 Å². The Morgan fingerprint density at radius 3 is 1.88 bits per heavy atom. The molecule has 4 rings (SSSR count). The van der Waals surface area contributed by atoms with E-state index in [1.54, 1.807) is 117 Å². The van der Waals surface area contributed by atoms with Gasteiger partial charge in [-0.25, -0.2) is 0 Å². The Labute approximate surface area is 474 Å². The fourth-order valence-corrected chi connectivity index (χ4v) is 10.2. The van der Waals surface area contributed by atoms with Gasteiger partial charge in [0, 0.05) is 62.7 Å². The molecule has 2 bridgehead atoms. The first-order chi connectivity index (χ1) is 38.4. The lowest BCUT2D eigenvalue weighted by Crippen LogP contribution is -2.61. The molecule has 13 N–H and O–H groups in total. The maximum absolute atomic E-state index is 13.3. The number of benzene rings is 1. The number of rotatable bonds is 11. The molecule has 81 heavy (non-hydrogen) atoms. The number of ether oxygens (including phenoxy) is 5. The molecule has 15 unspecified atom stereocenters.